The number of hydrogen-bond donors (Lipinski definition) is 1. The number of carbonyl (C=O) groups is 1. The molecule has 0 spiro atoms. The van der Waals surface area contributed by atoms with E-state index in [4.69, 9.17) is 10.5 Å². The predicted molar refractivity (Wildman–Crippen MR) is 83.1 cm³/mol. The quantitative estimate of drug-likeness (QED) is 0.673. The number of benzene rings is 1. The lowest BCUT2D eigenvalue weighted by Gasteiger charge is -2.35. The third kappa shape index (κ3) is 5.64. The van der Waals surface area contributed by atoms with E-state index in [1.165, 1.54) is 12.8 Å². The number of rotatable bonds is 3. The summed E-state index contributed by atoms with van der Waals surface area (Å²) in [6.45, 7) is 7.26. The summed E-state index contributed by atoms with van der Waals surface area (Å²) in [5.41, 5.74) is 6.18. The lowest BCUT2D eigenvalue weighted by Crippen LogP contribution is -2.33. The van der Waals surface area contributed by atoms with Gasteiger partial charge < -0.3 is 10.5 Å². The molecule has 0 radical (unpaired) electrons. The maximum absolute atomic E-state index is 10.3. The first-order chi connectivity index (χ1) is 9.54. The van der Waals surface area contributed by atoms with E-state index in [-0.39, 0.29) is 6.10 Å². The molecule has 112 valence electrons. The minimum Gasteiger partial charge on any atom is -0.464 e. The summed E-state index contributed by atoms with van der Waals surface area (Å²) in [6, 6.07) is 9.49. The highest BCUT2D eigenvalue weighted by atomic mass is 16.5. The number of para-hydroxylation sites is 1. The minimum absolute atomic E-state index is 0.168. The summed E-state index contributed by atoms with van der Waals surface area (Å²) in [5.74, 6) is 1.90. The van der Waals surface area contributed by atoms with E-state index in [0.717, 1.165) is 12.1 Å². The van der Waals surface area contributed by atoms with Crippen LogP contribution < -0.4 is 5.73 Å². The van der Waals surface area contributed by atoms with Gasteiger partial charge in [0.2, 0.25) is 0 Å². The molecule has 0 amide bonds. The van der Waals surface area contributed by atoms with E-state index in [9.17, 15) is 4.79 Å². The lowest BCUT2D eigenvalue weighted by atomic mass is 9.75. The number of ether oxygens (including phenoxy) is 1. The van der Waals surface area contributed by atoms with E-state index in [0.29, 0.717) is 24.2 Å². The van der Waals surface area contributed by atoms with Gasteiger partial charge in [-0.15, -0.1) is 0 Å². The summed E-state index contributed by atoms with van der Waals surface area (Å²) in [4.78, 5) is 10.3. The standard InChI is InChI=1S/C11H20O2.C6H7N/c1-8(2)10-5-4-9(3)6-11(10)13-7-12;7-6-4-2-1-3-5-6/h7-11H,4-6H2,1-3H3;1-5H,7H2. The largest absolute Gasteiger partial charge is 0.464 e. The highest BCUT2D eigenvalue weighted by molar-refractivity contribution is 5.37. The summed E-state index contributed by atoms with van der Waals surface area (Å²) in [6.07, 6.45) is 3.70. The van der Waals surface area contributed by atoms with Gasteiger partial charge in [0.1, 0.15) is 6.10 Å². The topological polar surface area (TPSA) is 52.3 Å². The fourth-order valence-electron chi connectivity index (χ4n) is 2.80. The molecule has 2 rings (SSSR count). The van der Waals surface area contributed by atoms with Gasteiger partial charge in [-0.1, -0.05) is 45.4 Å². The number of carbonyl (C=O) groups excluding carboxylic acids is 1. The van der Waals surface area contributed by atoms with Crippen LogP contribution in [0.1, 0.15) is 40.0 Å². The van der Waals surface area contributed by atoms with Gasteiger partial charge in [0.15, 0.2) is 0 Å². The van der Waals surface area contributed by atoms with Crippen LogP contribution in [0.3, 0.4) is 0 Å². The molecule has 0 aliphatic heterocycles. The van der Waals surface area contributed by atoms with E-state index in [1.54, 1.807) is 0 Å². The van der Waals surface area contributed by atoms with Gasteiger partial charge in [-0.2, -0.15) is 0 Å². The van der Waals surface area contributed by atoms with Gasteiger partial charge in [0.05, 0.1) is 0 Å². The Morgan fingerprint density at radius 1 is 1.25 bits per heavy atom. The molecule has 1 aliphatic rings. The van der Waals surface area contributed by atoms with Crippen molar-refractivity contribution < 1.29 is 9.53 Å². The van der Waals surface area contributed by atoms with Crippen molar-refractivity contribution >= 4 is 12.2 Å². The van der Waals surface area contributed by atoms with Crippen LogP contribution >= 0.6 is 0 Å². The predicted octanol–water partition coefficient (Wildman–Crippen LogP) is 3.89. The molecule has 0 heterocycles. The molecule has 0 bridgehead atoms. The minimum atomic E-state index is 0.168. The molecule has 1 saturated carbocycles. The summed E-state index contributed by atoms with van der Waals surface area (Å²) in [5, 5.41) is 0. The highest BCUT2D eigenvalue weighted by Gasteiger charge is 2.31. The Balaban J connectivity index is 0.000000240. The fourth-order valence-corrected chi connectivity index (χ4v) is 2.80. The van der Waals surface area contributed by atoms with Crippen molar-refractivity contribution in [2.45, 2.75) is 46.1 Å². The third-order valence-electron chi connectivity index (χ3n) is 3.99. The van der Waals surface area contributed by atoms with E-state index < -0.39 is 0 Å². The number of nitrogen functional groups attached to an aromatic ring is 1. The molecule has 2 N–H and O–H groups in total. The van der Waals surface area contributed by atoms with Crippen LogP contribution in [-0.2, 0) is 9.53 Å². The van der Waals surface area contributed by atoms with Crippen molar-refractivity contribution in [3.63, 3.8) is 0 Å². The average Bonchev–Trinajstić information content (AvgIpc) is 2.40. The molecule has 3 heteroatoms. The first-order valence-corrected chi connectivity index (χ1v) is 7.44. The van der Waals surface area contributed by atoms with Crippen molar-refractivity contribution in [1.29, 1.82) is 0 Å². The summed E-state index contributed by atoms with van der Waals surface area (Å²) in [7, 11) is 0. The van der Waals surface area contributed by atoms with Gasteiger partial charge in [-0.05, 0) is 42.7 Å². The average molecular weight is 277 g/mol. The van der Waals surface area contributed by atoms with Gasteiger partial charge >= 0.3 is 0 Å². The molecular weight excluding hydrogens is 250 g/mol. The van der Waals surface area contributed by atoms with E-state index in [2.05, 4.69) is 20.8 Å². The molecule has 1 aromatic rings. The van der Waals surface area contributed by atoms with Gasteiger partial charge in [-0.25, -0.2) is 0 Å². The zero-order valence-corrected chi connectivity index (χ0v) is 12.8. The van der Waals surface area contributed by atoms with Crippen molar-refractivity contribution in [2.24, 2.45) is 17.8 Å². The van der Waals surface area contributed by atoms with E-state index in [1.807, 2.05) is 30.3 Å². The van der Waals surface area contributed by atoms with Gasteiger partial charge in [0, 0.05) is 5.69 Å². The number of hydrogen-bond acceptors (Lipinski definition) is 3. The molecule has 3 nitrogen and oxygen atoms in total. The Hall–Kier alpha value is -1.51. The van der Waals surface area contributed by atoms with Gasteiger partial charge in [0.25, 0.3) is 6.47 Å². The highest BCUT2D eigenvalue weighted by Crippen LogP contribution is 2.34. The molecule has 1 aromatic carbocycles. The number of anilines is 1. The van der Waals surface area contributed by atoms with Crippen LogP contribution in [0.2, 0.25) is 0 Å². The molecule has 3 atom stereocenters. The van der Waals surface area contributed by atoms with Crippen molar-refractivity contribution in [2.75, 3.05) is 5.73 Å². The molecule has 3 unspecified atom stereocenters. The maximum Gasteiger partial charge on any atom is 0.293 e. The molecule has 1 fully saturated rings. The van der Waals surface area contributed by atoms with E-state index >= 15 is 0 Å². The lowest BCUT2D eigenvalue weighted by molar-refractivity contribution is -0.140. The Morgan fingerprint density at radius 2 is 1.90 bits per heavy atom. The Kier molecular flexibility index (Phi) is 7.13. The molecule has 0 aromatic heterocycles. The summed E-state index contributed by atoms with van der Waals surface area (Å²) < 4.78 is 5.15. The fraction of sp³-hybridized carbons (Fsp3) is 0.588. The van der Waals surface area contributed by atoms with Crippen LogP contribution in [0, 0.1) is 17.8 Å². The second kappa shape index (κ2) is 8.62. The summed E-state index contributed by atoms with van der Waals surface area (Å²) >= 11 is 0. The molecule has 1 aliphatic carbocycles. The molecule has 20 heavy (non-hydrogen) atoms. The van der Waals surface area contributed by atoms with Crippen LogP contribution in [0.25, 0.3) is 0 Å². The van der Waals surface area contributed by atoms with Crippen LogP contribution in [-0.4, -0.2) is 12.6 Å². The smallest absolute Gasteiger partial charge is 0.293 e. The van der Waals surface area contributed by atoms with Crippen LogP contribution in [0.5, 0.6) is 0 Å². The normalized spacial score (nSPS) is 25.5. The Labute approximate surface area is 122 Å². The van der Waals surface area contributed by atoms with Crippen molar-refractivity contribution in [1.82, 2.24) is 0 Å². The van der Waals surface area contributed by atoms with Crippen LogP contribution in [0.4, 0.5) is 5.69 Å². The SMILES string of the molecule is CC1CCC(C(C)C)C(OC=O)C1.Nc1ccccc1. The first kappa shape index (κ1) is 16.5. The number of nitrogens with two attached hydrogens (primary N) is 1. The second-order valence-corrected chi connectivity index (χ2v) is 6.01. The van der Waals surface area contributed by atoms with Crippen LogP contribution in [0.15, 0.2) is 30.3 Å². The Bertz CT molecular complexity index is 378. The van der Waals surface area contributed by atoms with Gasteiger partial charge in [-0.3, -0.25) is 4.79 Å². The maximum atomic E-state index is 10.3. The monoisotopic (exact) mass is 277 g/mol. The Morgan fingerprint density at radius 3 is 2.35 bits per heavy atom. The van der Waals surface area contributed by atoms with Crippen molar-refractivity contribution in [3.05, 3.63) is 30.3 Å². The zero-order valence-electron chi connectivity index (χ0n) is 12.8. The zero-order chi connectivity index (χ0) is 15.0. The molecule has 0 saturated heterocycles. The second-order valence-electron chi connectivity index (χ2n) is 6.01. The van der Waals surface area contributed by atoms with Crippen molar-refractivity contribution in [3.8, 4) is 0 Å². The molecular formula is C17H27NO2. The third-order valence-corrected chi connectivity index (χ3v) is 3.99. The first-order valence-electron chi connectivity index (χ1n) is 7.44.